The summed E-state index contributed by atoms with van der Waals surface area (Å²) in [7, 11) is 1.45. The van der Waals surface area contributed by atoms with Crippen LogP contribution in [-0.2, 0) is 13.2 Å². The van der Waals surface area contributed by atoms with Gasteiger partial charge in [0.25, 0.3) is 0 Å². The van der Waals surface area contributed by atoms with Gasteiger partial charge in [0, 0.05) is 6.54 Å². The van der Waals surface area contributed by atoms with Gasteiger partial charge < -0.3 is 14.6 Å². The molecular weight excluding hydrogens is 272 g/mol. The Labute approximate surface area is 122 Å². The highest BCUT2D eigenvalue weighted by molar-refractivity contribution is 5.90. The van der Waals surface area contributed by atoms with E-state index in [1.54, 1.807) is 18.3 Å². The van der Waals surface area contributed by atoms with Gasteiger partial charge in [-0.1, -0.05) is 13.0 Å². The SMILES string of the molecule is CCCn1cc(OCc2ccc(C(=O)O)c(OC)c2)cn1. The lowest BCUT2D eigenvalue weighted by molar-refractivity contribution is 0.0693. The number of carbonyl (C=O) groups is 1. The van der Waals surface area contributed by atoms with Crippen molar-refractivity contribution in [3.63, 3.8) is 0 Å². The number of benzene rings is 1. The van der Waals surface area contributed by atoms with Gasteiger partial charge in [-0.05, 0) is 24.1 Å². The van der Waals surface area contributed by atoms with Gasteiger partial charge in [0.1, 0.15) is 17.9 Å². The zero-order valence-electron chi connectivity index (χ0n) is 12.1. The van der Waals surface area contributed by atoms with Gasteiger partial charge in [-0.25, -0.2) is 4.79 Å². The molecule has 2 aromatic rings. The fourth-order valence-electron chi connectivity index (χ4n) is 1.94. The van der Waals surface area contributed by atoms with Crippen LogP contribution in [0.15, 0.2) is 30.6 Å². The Hall–Kier alpha value is -2.50. The quantitative estimate of drug-likeness (QED) is 0.848. The summed E-state index contributed by atoms with van der Waals surface area (Å²) in [5.74, 6) is -0.00448. The minimum absolute atomic E-state index is 0.136. The molecule has 0 bridgehead atoms. The maximum atomic E-state index is 11.0. The van der Waals surface area contributed by atoms with Crippen LogP contribution in [-0.4, -0.2) is 28.0 Å². The lowest BCUT2D eigenvalue weighted by Crippen LogP contribution is -2.02. The monoisotopic (exact) mass is 290 g/mol. The molecule has 1 aromatic heterocycles. The molecule has 1 aromatic carbocycles. The molecule has 1 N–H and O–H groups in total. The second-order valence-electron chi connectivity index (χ2n) is 4.57. The number of aromatic nitrogens is 2. The number of carboxylic acids is 1. The van der Waals surface area contributed by atoms with Crippen molar-refractivity contribution >= 4 is 5.97 Å². The van der Waals surface area contributed by atoms with E-state index in [1.165, 1.54) is 13.2 Å². The summed E-state index contributed by atoms with van der Waals surface area (Å²) in [6.45, 7) is 3.26. The van der Waals surface area contributed by atoms with Crippen molar-refractivity contribution in [2.75, 3.05) is 7.11 Å². The maximum absolute atomic E-state index is 11.0. The molecule has 21 heavy (non-hydrogen) atoms. The van der Waals surface area contributed by atoms with E-state index in [-0.39, 0.29) is 5.56 Å². The van der Waals surface area contributed by atoms with E-state index in [9.17, 15) is 4.79 Å². The molecule has 0 radical (unpaired) electrons. The molecule has 1 heterocycles. The molecule has 0 atom stereocenters. The van der Waals surface area contributed by atoms with E-state index in [0.717, 1.165) is 18.5 Å². The van der Waals surface area contributed by atoms with Gasteiger partial charge in [-0.2, -0.15) is 5.10 Å². The number of hydrogen-bond acceptors (Lipinski definition) is 4. The van der Waals surface area contributed by atoms with Crippen LogP contribution >= 0.6 is 0 Å². The van der Waals surface area contributed by atoms with E-state index in [2.05, 4.69) is 12.0 Å². The Bertz CT molecular complexity index is 622. The van der Waals surface area contributed by atoms with Crippen molar-refractivity contribution in [1.82, 2.24) is 9.78 Å². The van der Waals surface area contributed by atoms with Gasteiger partial charge in [-0.3, -0.25) is 4.68 Å². The van der Waals surface area contributed by atoms with E-state index in [4.69, 9.17) is 14.6 Å². The summed E-state index contributed by atoms with van der Waals surface area (Å²) in [5.41, 5.74) is 0.970. The van der Waals surface area contributed by atoms with Crippen molar-refractivity contribution in [2.24, 2.45) is 0 Å². The molecule has 0 amide bonds. The highest BCUT2D eigenvalue weighted by atomic mass is 16.5. The Morgan fingerprint density at radius 2 is 2.24 bits per heavy atom. The first-order valence-electron chi connectivity index (χ1n) is 6.69. The van der Waals surface area contributed by atoms with Gasteiger partial charge in [0.05, 0.1) is 19.5 Å². The van der Waals surface area contributed by atoms with Crippen LogP contribution in [0.25, 0.3) is 0 Å². The summed E-state index contributed by atoms with van der Waals surface area (Å²) in [5, 5.41) is 13.2. The van der Waals surface area contributed by atoms with Crippen LogP contribution in [0.3, 0.4) is 0 Å². The van der Waals surface area contributed by atoms with Crippen molar-refractivity contribution in [2.45, 2.75) is 26.5 Å². The number of aromatic carboxylic acids is 1. The average molecular weight is 290 g/mol. The number of ether oxygens (including phenoxy) is 2. The van der Waals surface area contributed by atoms with Crippen LogP contribution in [0.5, 0.6) is 11.5 Å². The molecule has 0 saturated carbocycles. The lowest BCUT2D eigenvalue weighted by atomic mass is 10.1. The highest BCUT2D eigenvalue weighted by Gasteiger charge is 2.11. The fraction of sp³-hybridized carbons (Fsp3) is 0.333. The molecule has 0 fully saturated rings. The molecule has 0 aliphatic rings. The molecule has 0 unspecified atom stereocenters. The van der Waals surface area contributed by atoms with Gasteiger partial charge in [0.15, 0.2) is 5.75 Å². The first-order chi connectivity index (χ1) is 10.1. The first-order valence-corrected chi connectivity index (χ1v) is 6.69. The average Bonchev–Trinajstić information content (AvgIpc) is 2.92. The van der Waals surface area contributed by atoms with E-state index >= 15 is 0 Å². The predicted octanol–water partition coefficient (Wildman–Crippen LogP) is 2.58. The minimum Gasteiger partial charge on any atom is -0.496 e. The van der Waals surface area contributed by atoms with Crippen molar-refractivity contribution in [3.05, 3.63) is 41.7 Å². The molecule has 0 aliphatic heterocycles. The second kappa shape index (κ2) is 6.78. The predicted molar refractivity (Wildman–Crippen MR) is 76.8 cm³/mol. The number of hydrogen-bond donors (Lipinski definition) is 1. The maximum Gasteiger partial charge on any atom is 0.339 e. The smallest absolute Gasteiger partial charge is 0.339 e. The molecule has 0 spiro atoms. The third kappa shape index (κ3) is 3.75. The molecule has 112 valence electrons. The number of rotatable bonds is 7. The van der Waals surface area contributed by atoms with Crippen molar-refractivity contribution in [1.29, 1.82) is 0 Å². The second-order valence-corrected chi connectivity index (χ2v) is 4.57. The molecular formula is C15H18N2O4. The highest BCUT2D eigenvalue weighted by Crippen LogP contribution is 2.21. The molecule has 6 heteroatoms. The Morgan fingerprint density at radius 1 is 1.43 bits per heavy atom. The fourth-order valence-corrected chi connectivity index (χ4v) is 1.94. The van der Waals surface area contributed by atoms with Crippen molar-refractivity contribution in [3.8, 4) is 11.5 Å². The normalized spacial score (nSPS) is 10.4. The summed E-state index contributed by atoms with van der Waals surface area (Å²) in [4.78, 5) is 11.0. The van der Waals surface area contributed by atoms with Crippen LogP contribution in [0.4, 0.5) is 0 Å². The van der Waals surface area contributed by atoms with Crippen molar-refractivity contribution < 1.29 is 19.4 Å². The van der Waals surface area contributed by atoms with E-state index in [0.29, 0.717) is 18.1 Å². The van der Waals surface area contributed by atoms with Gasteiger partial charge in [-0.15, -0.1) is 0 Å². The first kappa shape index (κ1) is 14.9. The number of nitrogens with zero attached hydrogens (tertiary/aromatic N) is 2. The largest absolute Gasteiger partial charge is 0.496 e. The lowest BCUT2D eigenvalue weighted by Gasteiger charge is -2.08. The Morgan fingerprint density at radius 3 is 2.90 bits per heavy atom. The third-order valence-electron chi connectivity index (χ3n) is 2.96. The summed E-state index contributed by atoms with van der Waals surface area (Å²) in [6, 6.07) is 4.89. The van der Waals surface area contributed by atoms with E-state index < -0.39 is 5.97 Å². The molecule has 6 nitrogen and oxygen atoms in total. The standard InChI is InChI=1S/C15H18N2O4/c1-3-6-17-9-12(8-16-17)21-10-11-4-5-13(15(18)19)14(7-11)20-2/h4-5,7-9H,3,6,10H2,1-2H3,(H,18,19). The topological polar surface area (TPSA) is 73.6 Å². The molecule has 0 aliphatic carbocycles. The zero-order chi connectivity index (χ0) is 15.2. The zero-order valence-corrected chi connectivity index (χ0v) is 12.1. The van der Waals surface area contributed by atoms with Gasteiger partial charge in [0.2, 0.25) is 0 Å². The number of aryl methyl sites for hydroxylation is 1. The molecule has 0 saturated heterocycles. The van der Waals surface area contributed by atoms with Gasteiger partial charge >= 0.3 is 5.97 Å². The van der Waals surface area contributed by atoms with Crippen LogP contribution in [0.2, 0.25) is 0 Å². The number of methoxy groups -OCH3 is 1. The van der Waals surface area contributed by atoms with Crippen LogP contribution < -0.4 is 9.47 Å². The minimum atomic E-state index is -1.01. The summed E-state index contributed by atoms with van der Waals surface area (Å²) < 4.78 is 12.5. The third-order valence-corrected chi connectivity index (χ3v) is 2.96. The van der Waals surface area contributed by atoms with E-state index in [1.807, 2.05) is 10.9 Å². The Balaban J connectivity index is 2.04. The van der Waals surface area contributed by atoms with Crippen LogP contribution in [0, 0.1) is 0 Å². The summed E-state index contributed by atoms with van der Waals surface area (Å²) >= 11 is 0. The number of carboxylic acid groups (broad SMARTS) is 1. The summed E-state index contributed by atoms with van der Waals surface area (Å²) in [6.07, 6.45) is 4.51. The van der Waals surface area contributed by atoms with Crippen LogP contribution in [0.1, 0.15) is 29.3 Å². The molecule has 2 rings (SSSR count). The Kier molecular flexibility index (Phi) is 4.81.